The number of aryl methyl sites for hydroxylation is 1. The van der Waals surface area contributed by atoms with E-state index < -0.39 is 17.7 Å². The second-order valence-corrected chi connectivity index (χ2v) is 6.49. The number of amides is 2. The number of hydrogen-bond donors (Lipinski definition) is 3. The van der Waals surface area contributed by atoms with Gasteiger partial charge in [0.05, 0.1) is 0 Å². The third-order valence-corrected chi connectivity index (χ3v) is 3.82. The summed E-state index contributed by atoms with van der Waals surface area (Å²) in [6, 6.07) is 10.9. The molecule has 29 heavy (non-hydrogen) atoms. The number of benzene rings is 2. The Balaban J connectivity index is 1.63. The fourth-order valence-electron chi connectivity index (χ4n) is 2.55. The summed E-state index contributed by atoms with van der Waals surface area (Å²) in [5.41, 5.74) is 1.30. The molecule has 9 heteroatoms. The Bertz CT molecular complexity index is 1000. The summed E-state index contributed by atoms with van der Waals surface area (Å²) in [7, 11) is 3.80. The smallest absolute Gasteiger partial charge is 0.323 e. The topological polar surface area (TPSA) is 82.2 Å². The molecule has 0 bridgehead atoms. The Kier molecular flexibility index (Phi) is 5.87. The van der Waals surface area contributed by atoms with Crippen LogP contribution in [0.2, 0.25) is 0 Å². The lowest BCUT2D eigenvalue weighted by molar-refractivity contribution is 0.262. The van der Waals surface area contributed by atoms with Crippen LogP contribution in [0.3, 0.4) is 0 Å². The number of anilines is 5. The average Bonchev–Trinajstić information content (AvgIpc) is 2.62. The zero-order chi connectivity index (χ0) is 21.0. The van der Waals surface area contributed by atoms with Crippen LogP contribution in [0.4, 0.5) is 42.3 Å². The molecule has 0 radical (unpaired) electrons. The van der Waals surface area contributed by atoms with Gasteiger partial charge in [-0.2, -0.15) is 0 Å². The molecule has 3 N–H and O–H groups in total. The van der Waals surface area contributed by atoms with Crippen molar-refractivity contribution < 1.29 is 13.6 Å². The minimum Gasteiger partial charge on any atom is -0.363 e. The van der Waals surface area contributed by atoms with Crippen molar-refractivity contribution in [3.8, 4) is 0 Å². The number of nitrogens with one attached hydrogen (secondary N) is 3. The van der Waals surface area contributed by atoms with Crippen molar-refractivity contribution in [2.45, 2.75) is 6.92 Å². The molecule has 0 saturated carbocycles. The summed E-state index contributed by atoms with van der Waals surface area (Å²) in [6.45, 7) is 1.81. The lowest BCUT2D eigenvalue weighted by Gasteiger charge is -2.14. The molecule has 7 nitrogen and oxygen atoms in total. The molecule has 1 aromatic heterocycles. The number of nitrogens with zero attached hydrogens (tertiary/aromatic N) is 3. The van der Waals surface area contributed by atoms with Crippen LogP contribution in [-0.2, 0) is 0 Å². The Hall–Kier alpha value is -3.75. The van der Waals surface area contributed by atoms with Gasteiger partial charge >= 0.3 is 6.03 Å². The molecule has 0 fully saturated rings. The van der Waals surface area contributed by atoms with Crippen LogP contribution < -0.4 is 20.9 Å². The fourth-order valence-corrected chi connectivity index (χ4v) is 2.55. The number of halogens is 2. The Morgan fingerprint density at radius 3 is 2.07 bits per heavy atom. The summed E-state index contributed by atoms with van der Waals surface area (Å²) < 4.78 is 26.4. The first-order valence-corrected chi connectivity index (χ1v) is 8.73. The van der Waals surface area contributed by atoms with E-state index in [2.05, 4.69) is 25.9 Å². The minimum atomic E-state index is -0.770. The van der Waals surface area contributed by atoms with Gasteiger partial charge in [-0.3, -0.25) is 0 Å². The maximum Gasteiger partial charge on any atom is 0.323 e. The van der Waals surface area contributed by atoms with Crippen molar-refractivity contribution in [3.63, 3.8) is 0 Å². The number of urea groups is 1. The van der Waals surface area contributed by atoms with Crippen molar-refractivity contribution in [1.82, 2.24) is 9.97 Å². The first-order chi connectivity index (χ1) is 13.8. The van der Waals surface area contributed by atoms with Gasteiger partial charge in [-0.05, 0) is 43.3 Å². The third kappa shape index (κ3) is 5.61. The van der Waals surface area contributed by atoms with E-state index in [1.54, 1.807) is 24.3 Å². The zero-order valence-corrected chi connectivity index (χ0v) is 16.1. The Labute approximate surface area is 166 Å². The highest BCUT2D eigenvalue weighted by molar-refractivity contribution is 5.99. The van der Waals surface area contributed by atoms with Crippen LogP contribution in [0, 0.1) is 18.6 Å². The normalized spacial score (nSPS) is 10.4. The average molecular weight is 398 g/mol. The molecule has 2 amide bonds. The van der Waals surface area contributed by atoms with E-state index in [9.17, 15) is 13.6 Å². The molecule has 1 heterocycles. The van der Waals surface area contributed by atoms with E-state index in [1.165, 1.54) is 0 Å². The van der Waals surface area contributed by atoms with Crippen LogP contribution in [0.5, 0.6) is 0 Å². The van der Waals surface area contributed by atoms with Gasteiger partial charge in [0.25, 0.3) is 0 Å². The molecular formula is C20H20F2N6O. The number of hydrogen-bond acceptors (Lipinski definition) is 5. The molecule has 0 aliphatic heterocycles. The van der Waals surface area contributed by atoms with Crippen molar-refractivity contribution in [2.75, 3.05) is 34.9 Å². The van der Waals surface area contributed by atoms with Crippen LogP contribution in [0.25, 0.3) is 0 Å². The third-order valence-electron chi connectivity index (χ3n) is 3.82. The SMILES string of the molecule is Cc1nc(Nc2ccc(NC(=O)Nc3cc(F)cc(F)c3)cc2)cc(N(C)C)n1. The largest absolute Gasteiger partial charge is 0.363 e. The summed E-state index contributed by atoms with van der Waals surface area (Å²) in [5, 5.41) is 8.16. The van der Waals surface area contributed by atoms with Crippen LogP contribution in [-0.4, -0.2) is 30.1 Å². The van der Waals surface area contributed by atoms with E-state index in [0.717, 1.165) is 29.7 Å². The van der Waals surface area contributed by atoms with Gasteiger partial charge in [-0.1, -0.05) is 0 Å². The predicted molar refractivity (Wildman–Crippen MR) is 110 cm³/mol. The first-order valence-electron chi connectivity index (χ1n) is 8.73. The quantitative estimate of drug-likeness (QED) is 0.589. The molecule has 0 saturated heterocycles. The van der Waals surface area contributed by atoms with Crippen LogP contribution >= 0.6 is 0 Å². The van der Waals surface area contributed by atoms with Gasteiger partial charge < -0.3 is 20.9 Å². The second-order valence-electron chi connectivity index (χ2n) is 6.49. The number of carbonyl (C=O) groups excluding carboxylic acids is 1. The highest BCUT2D eigenvalue weighted by Gasteiger charge is 2.07. The summed E-state index contributed by atoms with van der Waals surface area (Å²) in [5.74, 6) is 0.528. The van der Waals surface area contributed by atoms with E-state index in [4.69, 9.17) is 0 Å². The summed E-state index contributed by atoms with van der Waals surface area (Å²) in [4.78, 5) is 22.6. The molecule has 0 atom stereocenters. The molecule has 0 unspecified atom stereocenters. The number of carbonyl (C=O) groups is 1. The Morgan fingerprint density at radius 1 is 0.862 bits per heavy atom. The number of rotatable bonds is 5. The molecular weight excluding hydrogens is 378 g/mol. The van der Waals surface area contributed by atoms with Crippen LogP contribution in [0.1, 0.15) is 5.82 Å². The lowest BCUT2D eigenvalue weighted by Crippen LogP contribution is -2.19. The van der Waals surface area contributed by atoms with Crippen molar-refractivity contribution in [2.24, 2.45) is 0 Å². The van der Waals surface area contributed by atoms with E-state index in [0.29, 0.717) is 17.3 Å². The van der Waals surface area contributed by atoms with Crippen molar-refractivity contribution in [1.29, 1.82) is 0 Å². The Morgan fingerprint density at radius 2 is 1.45 bits per heavy atom. The predicted octanol–water partition coefficient (Wildman–Crippen LogP) is 4.52. The lowest BCUT2D eigenvalue weighted by atomic mass is 10.2. The first kappa shape index (κ1) is 20.0. The van der Waals surface area contributed by atoms with E-state index in [1.807, 2.05) is 32.0 Å². The maximum atomic E-state index is 13.2. The van der Waals surface area contributed by atoms with Gasteiger partial charge in [0, 0.05) is 43.3 Å². The molecule has 150 valence electrons. The van der Waals surface area contributed by atoms with Crippen molar-refractivity contribution in [3.05, 3.63) is 66.0 Å². The molecule has 0 aliphatic rings. The van der Waals surface area contributed by atoms with E-state index in [-0.39, 0.29) is 5.69 Å². The molecule has 0 aliphatic carbocycles. The molecule has 2 aromatic carbocycles. The van der Waals surface area contributed by atoms with Crippen molar-refractivity contribution >= 4 is 34.7 Å². The number of aromatic nitrogens is 2. The maximum absolute atomic E-state index is 13.2. The molecule has 0 spiro atoms. The zero-order valence-electron chi connectivity index (χ0n) is 16.1. The monoisotopic (exact) mass is 398 g/mol. The summed E-state index contributed by atoms with van der Waals surface area (Å²) in [6.07, 6.45) is 0. The van der Waals surface area contributed by atoms with Gasteiger partial charge in [-0.25, -0.2) is 23.5 Å². The van der Waals surface area contributed by atoms with Gasteiger partial charge in [0.2, 0.25) is 0 Å². The second kappa shape index (κ2) is 8.51. The minimum absolute atomic E-state index is 0.0223. The highest BCUT2D eigenvalue weighted by atomic mass is 19.1. The standard InChI is InChI=1S/C20H20F2N6O/c1-12-23-18(11-19(24-12)28(2)3)25-15-4-6-16(7-5-15)26-20(29)27-17-9-13(21)8-14(22)10-17/h4-11H,1-3H3,(H,23,24,25)(H2,26,27,29). The molecule has 3 aromatic rings. The van der Waals surface area contributed by atoms with Gasteiger partial charge in [0.15, 0.2) is 0 Å². The molecule has 3 rings (SSSR count). The van der Waals surface area contributed by atoms with Crippen LogP contribution in [0.15, 0.2) is 48.5 Å². The van der Waals surface area contributed by atoms with Gasteiger partial charge in [0.1, 0.15) is 29.1 Å². The fraction of sp³-hybridized carbons (Fsp3) is 0.150. The summed E-state index contributed by atoms with van der Waals surface area (Å²) >= 11 is 0. The van der Waals surface area contributed by atoms with Gasteiger partial charge in [-0.15, -0.1) is 0 Å². The van der Waals surface area contributed by atoms with E-state index >= 15 is 0 Å². The highest BCUT2D eigenvalue weighted by Crippen LogP contribution is 2.21.